The molecule has 0 aliphatic carbocycles. The van der Waals surface area contributed by atoms with Gasteiger partial charge in [0.1, 0.15) is 10.7 Å². The first-order valence-corrected chi connectivity index (χ1v) is 7.26. The van der Waals surface area contributed by atoms with E-state index in [1.807, 2.05) is 7.05 Å². The molecule has 100 valence electrons. The van der Waals surface area contributed by atoms with Crippen LogP contribution in [0.3, 0.4) is 0 Å². The largest absolute Gasteiger partial charge is 0.383 e. The predicted octanol–water partition coefficient (Wildman–Crippen LogP) is -0.0917. The molecule has 0 amide bonds. The molecule has 6 nitrogen and oxygen atoms in total. The van der Waals surface area contributed by atoms with Gasteiger partial charge in [-0.15, -0.1) is 0 Å². The van der Waals surface area contributed by atoms with Crippen LogP contribution in [0.2, 0.25) is 0 Å². The van der Waals surface area contributed by atoms with Gasteiger partial charge in [-0.05, 0) is 25.6 Å². The summed E-state index contributed by atoms with van der Waals surface area (Å²) in [4.78, 5) is 6.25. The predicted molar refractivity (Wildman–Crippen MR) is 69.6 cm³/mol. The highest BCUT2D eigenvalue weighted by Gasteiger charge is 2.27. The van der Waals surface area contributed by atoms with Crippen LogP contribution < -0.4 is 5.73 Å². The summed E-state index contributed by atoms with van der Waals surface area (Å²) in [5.74, 6) is 0.368. The summed E-state index contributed by atoms with van der Waals surface area (Å²) < 4.78 is 26.3. The van der Waals surface area contributed by atoms with E-state index in [1.54, 1.807) is 13.0 Å². The molecule has 1 aromatic rings. The monoisotopic (exact) mass is 270 g/mol. The normalized spacial score (nSPS) is 19.0. The third-order valence-electron chi connectivity index (χ3n) is 3.19. The molecule has 0 spiro atoms. The van der Waals surface area contributed by atoms with Crippen LogP contribution in [0.4, 0.5) is 5.82 Å². The Morgan fingerprint density at radius 1 is 1.28 bits per heavy atom. The molecular formula is C11H18N4O2S. The summed E-state index contributed by atoms with van der Waals surface area (Å²) >= 11 is 0. The summed E-state index contributed by atoms with van der Waals surface area (Å²) in [5, 5.41) is 0. The molecule has 2 heterocycles. The molecule has 1 aromatic heterocycles. The van der Waals surface area contributed by atoms with Gasteiger partial charge in [0.05, 0.1) is 0 Å². The van der Waals surface area contributed by atoms with Crippen molar-refractivity contribution in [1.82, 2.24) is 14.2 Å². The fraction of sp³-hybridized carbons (Fsp3) is 0.545. The molecule has 18 heavy (non-hydrogen) atoms. The molecule has 2 N–H and O–H groups in total. The van der Waals surface area contributed by atoms with Crippen LogP contribution in [0.25, 0.3) is 0 Å². The van der Waals surface area contributed by atoms with Crippen molar-refractivity contribution < 1.29 is 8.42 Å². The Bertz CT molecular complexity index is 536. The van der Waals surface area contributed by atoms with Gasteiger partial charge in [0, 0.05) is 32.4 Å². The number of hydrogen-bond acceptors (Lipinski definition) is 5. The van der Waals surface area contributed by atoms with Crippen LogP contribution in [-0.4, -0.2) is 55.8 Å². The van der Waals surface area contributed by atoms with Crippen LogP contribution in [0.1, 0.15) is 5.56 Å². The number of rotatable bonds is 2. The van der Waals surface area contributed by atoms with Gasteiger partial charge in [0.2, 0.25) is 10.0 Å². The minimum absolute atomic E-state index is 0.221. The first-order chi connectivity index (χ1) is 8.41. The van der Waals surface area contributed by atoms with Gasteiger partial charge in [0.15, 0.2) is 0 Å². The molecule has 0 aromatic carbocycles. The van der Waals surface area contributed by atoms with Crippen molar-refractivity contribution in [3.8, 4) is 0 Å². The number of likely N-dealkylation sites (N-methyl/N-ethyl adjacent to an activating group) is 1. The Labute approximate surface area is 107 Å². The second kappa shape index (κ2) is 4.83. The van der Waals surface area contributed by atoms with Gasteiger partial charge in [-0.1, -0.05) is 0 Å². The van der Waals surface area contributed by atoms with Crippen LogP contribution in [0.15, 0.2) is 17.2 Å². The summed E-state index contributed by atoms with van der Waals surface area (Å²) in [6.07, 6.45) is 1.33. The SMILES string of the molecule is Cc1cc(S(=O)(=O)N2CCN(C)CC2)cnc1N. The molecule has 2 rings (SSSR count). The highest BCUT2D eigenvalue weighted by molar-refractivity contribution is 7.89. The van der Waals surface area contributed by atoms with Crippen molar-refractivity contribution in [2.45, 2.75) is 11.8 Å². The van der Waals surface area contributed by atoms with E-state index in [0.29, 0.717) is 24.5 Å². The third-order valence-corrected chi connectivity index (χ3v) is 5.06. The molecule has 1 fully saturated rings. The number of pyridine rings is 1. The Hall–Kier alpha value is -1.18. The van der Waals surface area contributed by atoms with E-state index in [9.17, 15) is 8.42 Å². The van der Waals surface area contributed by atoms with Gasteiger partial charge < -0.3 is 10.6 Å². The smallest absolute Gasteiger partial charge is 0.244 e. The van der Waals surface area contributed by atoms with E-state index in [0.717, 1.165) is 13.1 Å². The molecule has 0 radical (unpaired) electrons. The number of sulfonamides is 1. The van der Waals surface area contributed by atoms with Crippen molar-refractivity contribution in [2.75, 3.05) is 39.0 Å². The summed E-state index contributed by atoms with van der Waals surface area (Å²) in [7, 11) is -1.45. The maximum atomic E-state index is 12.4. The van der Waals surface area contributed by atoms with Crippen molar-refractivity contribution in [3.05, 3.63) is 17.8 Å². The molecule has 0 unspecified atom stereocenters. The van der Waals surface area contributed by atoms with Crippen molar-refractivity contribution in [2.24, 2.45) is 0 Å². The first-order valence-electron chi connectivity index (χ1n) is 5.82. The zero-order chi connectivity index (χ0) is 13.3. The Morgan fingerprint density at radius 2 is 1.89 bits per heavy atom. The van der Waals surface area contributed by atoms with E-state index in [1.165, 1.54) is 10.5 Å². The van der Waals surface area contributed by atoms with Gasteiger partial charge in [-0.2, -0.15) is 4.31 Å². The summed E-state index contributed by atoms with van der Waals surface area (Å²) in [5.41, 5.74) is 6.29. The van der Waals surface area contributed by atoms with Crippen molar-refractivity contribution in [3.63, 3.8) is 0 Å². The number of hydrogen-bond donors (Lipinski definition) is 1. The topological polar surface area (TPSA) is 79.5 Å². The van der Waals surface area contributed by atoms with E-state index < -0.39 is 10.0 Å². The molecule has 1 aliphatic heterocycles. The highest BCUT2D eigenvalue weighted by atomic mass is 32.2. The summed E-state index contributed by atoms with van der Waals surface area (Å²) in [6.45, 7) is 4.29. The maximum Gasteiger partial charge on any atom is 0.244 e. The number of aryl methyl sites for hydroxylation is 1. The lowest BCUT2D eigenvalue weighted by Gasteiger charge is -2.31. The van der Waals surface area contributed by atoms with E-state index in [-0.39, 0.29) is 4.90 Å². The van der Waals surface area contributed by atoms with Crippen molar-refractivity contribution >= 4 is 15.8 Å². The van der Waals surface area contributed by atoms with Crippen molar-refractivity contribution in [1.29, 1.82) is 0 Å². The van der Waals surface area contributed by atoms with Crippen LogP contribution in [0.5, 0.6) is 0 Å². The van der Waals surface area contributed by atoms with Gasteiger partial charge in [0.25, 0.3) is 0 Å². The lowest BCUT2D eigenvalue weighted by Crippen LogP contribution is -2.47. The number of piperazine rings is 1. The molecule has 7 heteroatoms. The van der Waals surface area contributed by atoms with Gasteiger partial charge in [-0.3, -0.25) is 0 Å². The van der Waals surface area contributed by atoms with Crippen LogP contribution >= 0.6 is 0 Å². The van der Waals surface area contributed by atoms with E-state index in [4.69, 9.17) is 5.73 Å². The van der Waals surface area contributed by atoms with E-state index >= 15 is 0 Å². The molecule has 1 aliphatic rings. The Morgan fingerprint density at radius 3 is 2.44 bits per heavy atom. The lowest BCUT2D eigenvalue weighted by molar-refractivity contribution is 0.222. The number of anilines is 1. The minimum atomic E-state index is -3.44. The minimum Gasteiger partial charge on any atom is -0.383 e. The standard InChI is InChI=1S/C11H18N4O2S/c1-9-7-10(8-13-11(9)12)18(16,17)15-5-3-14(2)4-6-15/h7-8H,3-6H2,1-2H3,(H2,12,13). The molecular weight excluding hydrogens is 252 g/mol. The Balaban J connectivity index is 2.27. The van der Waals surface area contributed by atoms with Crippen LogP contribution in [-0.2, 0) is 10.0 Å². The maximum absolute atomic E-state index is 12.4. The summed E-state index contributed by atoms with van der Waals surface area (Å²) in [6, 6.07) is 1.58. The number of aromatic nitrogens is 1. The quantitative estimate of drug-likeness (QED) is 0.812. The number of nitrogen functional groups attached to an aromatic ring is 1. The number of nitrogens with zero attached hydrogens (tertiary/aromatic N) is 3. The second-order valence-electron chi connectivity index (χ2n) is 4.58. The van der Waals surface area contributed by atoms with Gasteiger partial charge in [-0.25, -0.2) is 13.4 Å². The zero-order valence-electron chi connectivity index (χ0n) is 10.6. The molecule has 1 saturated heterocycles. The average molecular weight is 270 g/mol. The molecule has 0 bridgehead atoms. The second-order valence-corrected chi connectivity index (χ2v) is 6.52. The third kappa shape index (κ3) is 2.47. The molecule has 0 atom stereocenters. The van der Waals surface area contributed by atoms with Gasteiger partial charge >= 0.3 is 0 Å². The Kier molecular flexibility index (Phi) is 3.56. The highest BCUT2D eigenvalue weighted by Crippen LogP contribution is 2.19. The fourth-order valence-electron chi connectivity index (χ4n) is 1.88. The lowest BCUT2D eigenvalue weighted by atomic mass is 10.3. The van der Waals surface area contributed by atoms with E-state index in [2.05, 4.69) is 9.88 Å². The average Bonchev–Trinajstić information content (AvgIpc) is 2.33. The first kappa shape index (κ1) is 13.3. The zero-order valence-corrected chi connectivity index (χ0v) is 11.4. The fourth-order valence-corrected chi connectivity index (χ4v) is 3.33. The van der Waals surface area contributed by atoms with Crippen LogP contribution in [0, 0.1) is 6.92 Å². The molecule has 0 saturated carbocycles. The number of nitrogens with two attached hydrogens (primary N) is 1.